The van der Waals surface area contributed by atoms with Gasteiger partial charge in [-0.2, -0.15) is 0 Å². The van der Waals surface area contributed by atoms with E-state index in [9.17, 15) is 9.59 Å². The Morgan fingerprint density at radius 2 is 2.00 bits per heavy atom. The van der Waals surface area contributed by atoms with E-state index in [1.807, 2.05) is 0 Å². The molecule has 1 aromatic rings. The quantitative estimate of drug-likeness (QED) is 0.907. The van der Waals surface area contributed by atoms with E-state index in [1.165, 1.54) is 7.05 Å². The normalized spacial score (nSPS) is 23.6. The Morgan fingerprint density at radius 1 is 1.41 bits per heavy atom. The first-order valence-corrected chi connectivity index (χ1v) is 5.71. The molecule has 1 aliphatic rings. The van der Waals surface area contributed by atoms with Crippen LogP contribution < -0.4 is 0 Å². The second kappa shape index (κ2) is 4.37. The van der Waals surface area contributed by atoms with E-state index in [1.54, 1.807) is 24.3 Å². The molecule has 0 aliphatic carbocycles. The fourth-order valence-corrected chi connectivity index (χ4v) is 2.04. The van der Waals surface area contributed by atoms with Crippen molar-refractivity contribution in [3.63, 3.8) is 0 Å². The lowest BCUT2D eigenvalue weighted by Crippen LogP contribution is -2.37. The zero-order valence-corrected chi connectivity index (χ0v) is 10.5. The predicted octanol–water partition coefficient (Wildman–Crippen LogP) is 2.03. The van der Waals surface area contributed by atoms with Gasteiger partial charge in [0.05, 0.1) is 0 Å². The van der Waals surface area contributed by atoms with Crippen LogP contribution >= 0.6 is 15.9 Å². The summed E-state index contributed by atoms with van der Waals surface area (Å²) in [6.45, 7) is 0. The van der Waals surface area contributed by atoms with E-state index >= 15 is 0 Å². The second-order valence-electron chi connectivity index (χ2n) is 3.75. The summed E-state index contributed by atoms with van der Waals surface area (Å²) >= 11 is 3.29. The van der Waals surface area contributed by atoms with Crippen LogP contribution in [0, 0.1) is 0 Å². The summed E-state index contributed by atoms with van der Waals surface area (Å²) < 4.78 is 5.94. The van der Waals surface area contributed by atoms with Gasteiger partial charge in [-0.05, 0) is 17.7 Å². The van der Waals surface area contributed by atoms with Crippen molar-refractivity contribution in [1.82, 2.24) is 4.90 Å². The molecule has 90 valence electrons. The van der Waals surface area contributed by atoms with E-state index in [0.29, 0.717) is 5.56 Å². The minimum atomic E-state index is -1.08. The number of carboxylic acids is 1. The van der Waals surface area contributed by atoms with Gasteiger partial charge in [-0.1, -0.05) is 28.1 Å². The summed E-state index contributed by atoms with van der Waals surface area (Å²) in [6, 6.07) is 6.04. The molecule has 2 atom stereocenters. The molecule has 1 aliphatic heterocycles. The first kappa shape index (κ1) is 11.9. The first-order valence-electron chi connectivity index (χ1n) is 4.92. The van der Waals surface area contributed by atoms with Crippen LogP contribution in [0.4, 0.5) is 4.79 Å². The van der Waals surface area contributed by atoms with Gasteiger partial charge in [0, 0.05) is 11.5 Å². The number of hydrogen-bond donors (Lipinski definition) is 1. The van der Waals surface area contributed by atoms with Crippen molar-refractivity contribution in [2.75, 3.05) is 7.05 Å². The van der Waals surface area contributed by atoms with Crippen LogP contribution in [-0.2, 0) is 9.53 Å². The Morgan fingerprint density at radius 3 is 2.53 bits per heavy atom. The fraction of sp³-hybridized carbons (Fsp3) is 0.273. The molecule has 0 saturated carbocycles. The monoisotopic (exact) mass is 299 g/mol. The highest BCUT2D eigenvalue weighted by Crippen LogP contribution is 2.32. The SMILES string of the molecule is CN1C(=O)OC(c2ccc(Br)cc2)C1C(=O)O. The molecule has 0 aromatic heterocycles. The van der Waals surface area contributed by atoms with Crippen molar-refractivity contribution in [1.29, 1.82) is 0 Å². The average molecular weight is 300 g/mol. The van der Waals surface area contributed by atoms with Gasteiger partial charge in [0.2, 0.25) is 0 Å². The van der Waals surface area contributed by atoms with Crippen LogP contribution in [0.25, 0.3) is 0 Å². The third kappa shape index (κ3) is 2.12. The van der Waals surface area contributed by atoms with Crippen LogP contribution in [0.2, 0.25) is 0 Å². The van der Waals surface area contributed by atoms with Crippen LogP contribution in [0.3, 0.4) is 0 Å². The van der Waals surface area contributed by atoms with Crippen LogP contribution in [-0.4, -0.2) is 35.2 Å². The molecule has 1 amide bonds. The van der Waals surface area contributed by atoms with Gasteiger partial charge < -0.3 is 9.84 Å². The number of carbonyl (C=O) groups is 2. The number of carboxylic acid groups (broad SMARTS) is 1. The van der Waals surface area contributed by atoms with Crippen LogP contribution in [0.15, 0.2) is 28.7 Å². The minimum absolute atomic E-state index is 0.620. The standard InChI is InChI=1S/C11H10BrNO4/c1-13-8(10(14)15)9(17-11(13)16)6-2-4-7(12)5-3-6/h2-5,8-9H,1H3,(H,14,15). The zero-order valence-electron chi connectivity index (χ0n) is 8.96. The molecule has 5 nitrogen and oxygen atoms in total. The molecule has 1 N–H and O–H groups in total. The highest BCUT2D eigenvalue weighted by Gasteiger charge is 2.45. The van der Waals surface area contributed by atoms with Crippen molar-refractivity contribution in [3.05, 3.63) is 34.3 Å². The van der Waals surface area contributed by atoms with Gasteiger partial charge in [-0.25, -0.2) is 9.59 Å². The molecule has 1 aromatic carbocycles. The molecule has 17 heavy (non-hydrogen) atoms. The summed E-state index contributed by atoms with van der Waals surface area (Å²) in [5.74, 6) is -1.08. The number of cyclic esters (lactones) is 1. The maximum absolute atomic E-state index is 11.4. The highest BCUT2D eigenvalue weighted by atomic mass is 79.9. The number of aliphatic carboxylic acids is 1. The van der Waals surface area contributed by atoms with Crippen molar-refractivity contribution >= 4 is 28.0 Å². The molecular formula is C11H10BrNO4. The Kier molecular flexibility index (Phi) is 3.06. The minimum Gasteiger partial charge on any atom is -0.480 e. The first-order chi connectivity index (χ1) is 8.00. The number of benzene rings is 1. The summed E-state index contributed by atoms with van der Waals surface area (Å²) in [4.78, 5) is 23.6. The van der Waals surface area contributed by atoms with E-state index in [2.05, 4.69) is 15.9 Å². The third-order valence-corrected chi connectivity index (χ3v) is 3.20. The smallest absolute Gasteiger partial charge is 0.411 e. The Hall–Kier alpha value is -1.56. The number of hydrogen-bond acceptors (Lipinski definition) is 3. The lowest BCUT2D eigenvalue weighted by atomic mass is 10.0. The van der Waals surface area contributed by atoms with Gasteiger partial charge >= 0.3 is 12.1 Å². The number of halogens is 1. The molecule has 2 unspecified atom stereocenters. The summed E-state index contributed by atoms with van der Waals surface area (Å²) in [7, 11) is 1.42. The summed E-state index contributed by atoms with van der Waals surface area (Å²) in [6.07, 6.45) is -1.39. The molecular weight excluding hydrogens is 290 g/mol. The lowest BCUT2D eigenvalue weighted by molar-refractivity contribution is -0.142. The van der Waals surface area contributed by atoms with Crippen molar-refractivity contribution < 1.29 is 19.4 Å². The molecule has 6 heteroatoms. The number of rotatable bonds is 2. The fourth-order valence-electron chi connectivity index (χ4n) is 1.77. The van der Waals surface area contributed by atoms with Crippen molar-refractivity contribution in [2.45, 2.75) is 12.1 Å². The molecule has 2 rings (SSSR count). The Balaban J connectivity index is 2.34. The number of ether oxygens (including phenoxy) is 1. The maximum Gasteiger partial charge on any atom is 0.411 e. The number of likely N-dealkylation sites (N-methyl/N-ethyl adjacent to an activating group) is 1. The van der Waals surface area contributed by atoms with Crippen LogP contribution in [0.5, 0.6) is 0 Å². The van der Waals surface area contributed by atoms with Gasteiger partial charge in [-0.3, -0.25) is 4.90 Å². The number of amides is 1. The van der Waals surface area contributed by atoms with Crippen molar-refractivity contribution in [3.8, 4) is 0 Å². The lowest BCUT2D eigenvalue weighted by Gasteiger charge is -2.17. The van der Waals surface area contributed by atoms with Crippen molar-refractivity contribution in [2.24, 2.45) is 0 Å². The predicted molar refractivity (Wildman–Crippen MR) is 62.6 cm³/mol. The van der Waals surface area contributed by atoms with Gasteiger partial charge in [-0.15, -0.1) is 0 Å². The number of nitrogens with zero attached hydrogens (tertiary/aromatic N) is 1. The molecule has 0 spiro atoms. The summed E-state index contributed by atoms with van der Waals surface area (Å²) in [5, 5.41) is 9.10. The third-order valence-electron chi connectivity index (χ3n) is 2.67. The highest BCUT2D eigenvalue weighted by molar-refractivity contribution is 9.10. The maximum atomic E-state index is 11.4. The second-order valence-corrected chi connectivity index (χ2v) is 4.67. The van der Waals surface area contributed by atoms with Crippen LogP contribution in [0.1, 0.15) is 11.7 Å². The summed E-state index contributed by atoms with van der Waals surface area (Å²) in [5.41, 5.74) is 0.665. The average Bonchev–Trinajstić information content (AvgIpc) is 2.56. The van der Waals surface area contributed by atoms with E-state index in [0.717, 1.165) is 9.37 Å². The van der Waals surface area contributed by atoms with Gasteiger partial charge in [0.1, 0.15) is 0 Å². The largest absolute Gasteiger partial charge is 0.480 e. The van der Waals surface area contributed by atoms with E-state index in [-0.39, 0.29) is 0 Å². The molecule has 1 saturated heterocycles. The Bertz CT molecular complexity index is 459. The topological polar surface area (TPSA) is 66.8 Å². The number of carbonyl (C=O) groups excluding carboxylic acids is 1. The zero-order chi connectivity index (χ0) is 12.6. The molecule has 0 bridgehead atoms. The Labute approximate surface area is 106 Å². The van der Waals surface area contributed by atoms with E-state index < -0.39 is 24.2 Å². The molecule has 1 fully saturated rings. The van der Waals surface area contributed by atoms with E-state index in [4.69, 9.17) is 9.84 Å². The molecule has 1 heterocycles. The van der Waals surface area contributed by atoms with Gasteiger partial charge in [0.25, 0.3) is 0 Å². The molecule has 0 radical (unpaired) electrons. The van der Waals surface area contributed by atoms with Gasteiger partial charge in [0.15, 0.2) is 12.1 Å².